The van der Waals surface area contributed by atoms with Crippen molar-refractivity contribution in [2.24, 2.45) is 0 Å². The molecule has 0 radical (unpaired) electrons. The van der Waals surface area contributed by atoms with E-state index in [1.807, 2.05) is 13.0 Å². The van der Waals surface area contributed by atoms with Crippen molar-refractivity contribution in [2.75, 3.05) is 12.4 Å². The minimum Gasteiger partial charge on any atom is -0.495 e. The number of rotatable bonds is 3. The highest BCUT2D eigenvalue weighted by Crippen LogP contribution is 2.34. The number of aryl methyl sites for hydroxylation is 1. The zero-order valence-corrected chi connectivity index (χ0v) is 12.5. The lowest BCUT2D eigenvalue weighted by molar-refractivity contribution is 0.417. The molecule has 0 aliphatic carbocycles. The number of methoxy groups -OCH3 is 1. The number of anilines is 2. The first kappa shape index (κ1) is 14.5. The van der Waals surface area contributed by atoms with Crippen molar-refractivity contribution < 1.29 is 4.74 Å². The molecule has 1 N–H and O–H groups in total. The summed E-state index contributed by atoms with van der Waals surface area (Å²) in [6.07, 6.45) is 0. The SMILES string of the molecule is COc1cc(Cl)c(C)cc1Nc1ccc(Cl)cc1C#N. The highest BCUT2D eigenvalue weighted by Gasteiger charge is 2.10. The number of benzene rings is 2. The van der Waals surface area contributed by atoms with E-state index >= 15 is 0 Å². The van der Waals surface area contributed by atoms with E-state index in [2.05, 4.69) is 11.4 Å². The largest absolute Gasteiger partial charge is 0.495 e. The van der Waals surface area contributed by atoms with Crippen LogP contribution >= 0.6 is 23.2 Å². The van der Waals surface area contributed by atoms with Crippen LogP contribution in [-0.2, 0) is 0 Å². The summed E-state index contributed by atoms with van der Waals surface area (Å²) in [4.78, 5) is 0. The van der Waals surface area contributed by atoms with Gasteiger partial charge >= 0.3 is 0 Å². The molecule has 0 amide bonds. The van der Waals surface area contributed by atoms with Crippen LogP contribution in [-0.4, -0.2) is 7.11 Å². The van der Waals surface area contributed by atoms with Crippen LogP contribution in [0.1, 0.15) is 11.1 Å². The van der Waals surface area contributed by atoms with Gasteiger partial charge in [-0.1, -0.05) is 23.2 Å². The predicted molar refractivity (Wildman–Crippen MR) is 82.2 cm³/mol. The van der Waals surface area contributed by atoms with Crippen LogP contribution < -0.4 is 10.1 Å². The second-order valence-electron chi connectivity index (χ2n) is 4.23. The Hall–Kier alpha value is -1.89. The summed E-state index contributed by atoms with van der Waals surface area (Å²) >= 11 is 12.0. The summed E-state index contributed by atoms with van der Waals surface area (Å²) in [6, 6.07) is 10.8. The Bertz CT molecular complexity index is 693. The van der Waals surface area contributed by atoms with E-state index < -0.39 is 0 Å². The summed E-state index contributed by atoms with van der Waals surface area (Å²) in [5.74, 6) is 0.611. The second kappa shape index (κ2) is 6.04. The molecule has 0 aliphatic rings. The molecule has 0 spiro atoms. The lowest BCUT2D eigenvalue weighted by Crippen LogP contribution is -1.97. The number of ether oxygens (including phenoxy) is 1. The molecule has 5 heteroatoms. The summed E-state index contributed by atoms with van der Waals surface area (Å²) < 4.78 is 5.29. The Morgan fingerprint density at radius 1 is 1.15 bits per heavy atom. The van der Waals surface area contributed by atoms with Gasteiger partial charge in [-0.3, -0.25) is 0 Å². The molecule has 2 rings (SSSR count). The molecule has 0 aromatic heterocycles. The van der Waals surface area contributed by atoms with E-state index in [1.54, 1.807) is 31.4 Å². The third-order valence-corrected chi connectivity index (χ3v) is 3.49. The smallest absolute Gasteiger partial charge is 0.143 e. The number of hydrogen-bond donors (Lipinski definition) is 1. The maximum Gasteiger partial charge on any atom is 0.143 e. The van der Waals surface area contributed by atoms with Crippen LogP contribution in [0.5, 0.6) is 5.75 Å². The quantitative estimate of drug-likeness (QED) is 0.875. The lowest BCUT2D eigenvalue weighted by atomic mass is 10.1. The van der Waals surface area contributed by atoms with Crippen molar-refractivity contribution >= 4 is 34.6 Å². The monoisotopic (exact) mass is 306 g/mol. The Balaban J connectivity index is 2.45. The first-order valence-electron chi connectivity index (χ1n) is 5.86. The van der Waals surface area contributed by atoms with Gasteiger partial charge in [0.15, 0.2) is 0 Å². The van der Waals surface area contributed by atoms with Crippen molar-refractivity contribution in [1.29, 1.82) is 5.26 Å². The molecular weight excluding hydrogens is 295 g/mol. The topological polar surface area (TPSA) is 45.0 Å². The van der Waals surface area contributed by atoms with Gasteiger partial charge in [0.2, 0.25) is 0 Å². The normalized spacial score (nSPS) is 9.95. The van der Waals surface area contributed by atoms with E-state index in [9.17, 15) is 0 Å². The van der Waals surface area contributed by atoms with E-state index in [0.717, 1.165) is 11.3 Å². The van der Waals surface area contributed by atoms with Crippen LogP contribution in [0.25, 0.3) is 0 Å². The van der Waals surface area contributed by atoms with E-state index in [-0.39, 0.29) is 0 Å². The number of nitriles is 1. The van der Waals surface area contributed by atoms with Crippen molar-refractivity contribution in [3.63, 3.8) is 0 Å². The molecule has 0 bridgehead atoms. The fourth-order valence-corrected chi connectivity index (χ4v) is 2.12. The van der Waals surface area contributed by atoms with Gasteiger partial charge in [-0.05, 0) is 36.8 Å². The Morgan fingerprint density at radius 3 is 2.55 bits per heavy atom. The number of nitrogens with zero attached hydrogens (tertiary/aromatic N) is 1. The molecule has 2 aromatic rings. The highest BCUT2D eigenvalue weighted by atomic mass is 35.5. The van der Waals surface area contributed by atoms with Crippen molar-refractivity contribution in [1.82, 2.24) is 0 Å². The molecule has 0 heterocycles. The molecule has 0 aliphatic heterocycles. The van der Waals surface area contributed by atoms with E-state index in [0.29, 0.717) is 27.0 Å². The number of nitrogens with one attached hydrogen (secondary N) is 1. The van der Waals surface area contributed by atoms with E-state index in [4.69, 9.17) is 33.2 Å². The fourth-order valence-electron chi connectivity index (χ4n) is 1.79. The third-order valence-electron chi connectivity index (χ3n) is 2.85. The van der Waals surface area contributed by atoms with Crippen LogP contribution in [0, 0.1) is 18.3 Å². The zero-order chi connectivity index (χ0) is 14.7. The molecular formula is C15H12Cl2N2O. The molecule has 0 saturated carbocycles. The van der Waals surface area contributed by atoms with Gasteiger partial charge in [-0.25, -0.2) is 0 Å². The molecule has 0 saturated heterocycles. The van der Waals surface area contributed by atoms with Crippen LogP contribution in [0.15, 0.2) is 30.3 Å². The zero-order valence-electron chi connectivity index (χ0n) is 11.0. The molecule has 0 atom stereocenters. The van der Waals surface area contributed by atoms with Gasteiger partial charge in [-0.15, -0.1) is 0 Å². The average molecular weight is 307 g/mol. The number of halogens is 2. The summed E-state index contributed by atoms with van der Waals surface area (Å²) in [5, 5.41) is 13.5. The fraction of sp³-hybridized carbons (Fsp3) is 0.133. The highest BCUT2D eigenvalue weighted by molar-refractivity contribution is 6.31. The molecule has 0 unspecified atom stereocenters. The average Bonchev–Trinajstić information content (AvgIpc) is 2.44. The Morgan fingerprint density at radius 2 is 1.90 bits per heavy atom. The Kier molecular flexibility index (Phi) is 4.39. The molecule has 20 heavy (non-hydrogen) atoms. The third kappa shape index (κ3) is 2.98. The first-order chi connectivity index (χ1) is 9.55. The number of hydrogen-bond acceptors (Lipinski definition) is 3. The standard InChI is InChI=1S/C15H12Cl2N2O/c1-9-5-14(15(20-2)7-12(9)17)19-13-4-3-11(16)6-10(13)8-18/h3-7,19H,1-2H3. The van der Waals surface area contributed by atoms with Gasteiger partial charge in [-0.2, -0.15) is 5.26 Å². The summed E-state index contributed by atoms with van der Waals surface area (Å²) in [6.45, 7) is 1.90. The first-order valence-corrected chi connectivity index (χ1v) is 6.61. The maximum absolute atomic E-state index is 9.15. The Labute approximate surface area is 127 Å². The van der Waals surface area contributed by atoms with Crippen LogP contribution in [0.3, 0.4) is 0 Å². The summed E-state index contributed by atoms with van der Waals surface area (Å²) in [7, 11) is 1.57. The van der Waals surface area contributed by atoms with Crippen molar-refractivity contribution in [2.45, 2.75) is 6.92 Å². The van der Waals surface area contributed by atoms with Crippen LogP contribution in [0.4, 0.5) is 11.4 Å². The van der Waals surface area contributed by atoms with E-state index in [1.165, 1.54) is 0 Å². The van der Waals surface area contributed by atoms with Gasteiger partial charge in [0.05, 0.1) is 24.0 Å². The van der Waals surface area contributed by atoms with Gasteiger partial charge in [0.1, 0.15) is 11.8 Å². The van der Waals surface area contributed by atoms with Crippen molar-refractivity contribution in [3.05, 3.63) is 51.5 Å². The second-order valence-corrected chi connectivity index (χ2v) is 5.07. The molecule has 2 aromatic carbocycles. The lowest BCUT2D eigenvalue weighted by Gasteiger charge is -2.14. The molecule has 0 fully saturated rings. The molecule has 3 nitrogen and oxygen atoms in total. The minimum absolute atomic E-state index is 0.465. The van der Waals surface area contributed by atoms with Gasteiger partial charge < -0.3 is 10.1 Å². The summed E-state index contributed by atoms with van der Waals surface area (Å²) in [5.41, 5.74) is 2.79. The van der Waals surface area contributed by atoms with Gasteiger partial charge in [0, 0.05) is 16.1 Å². The maximum atomic E-state index is 9.15. The predicted octanol–water partition coefficient (Wildman–Crippen LogP) is 4.93. The van der Waals surface area contributed by atoms with Crippen molar-refractivity contribution in [3.8, 4) is 11.8 Å². The van der Waals surface area contributed by atoms with Gasteiger partial charge in [0.25, 0.3) is 0 Å². The molecule has 102 valence electrons. The van der Waals surface area contributed by atoms with Crippen LogP contribution in [0.2, 0.25) is 10.0 Å². The minimum atomic E-state index is 0.465.